The van der Waals surface area contributed by atoms with Crippen molar-refractivity contribution < 1.29 is 15.0 Å². The molecule has 1 aromatic heterocycles. The van der Waals surface area contributed by atoms with E-state index in [2.05, 4.69) is 4.98 Å². The standard InChI is InChI=1S/C13H19N3O3/c1-8(17)7-9-3-2-6-16(9)12-11(14)10(13(18)19)4-5-15-12/h4-5,8-9,17H,2-3,6-7,14H2,1H3,(H,18,19). The summed E-state index contributed by atoms with van der Waals surface area (Å²) in [7, 11) is 0. The lowest BCUT2D eigenvalue weighted by molar-refractivity contribution is 0.0698. The molecule has 1 fully saturated rings. The summed E-state index contributed by atoms with van der Waals surface area (Å²) in [6, 6.07) is 1.57. The van der Waals surface area contributed by atoms with Crippen LogP contribution in [0.1, 0.15) is 36.5 Å². The molecule has 2 unspecified atom stereocenters. The van der Waals surface area contributed by atoms with Crippen molar-refractivity contribution in [1.29, 1.82) is 0 Å². The summed E-state index contributed by atoms with van der Waals surface area (Å²) in [4.78, 5) is 17.3. The van der Waals surface area contributed by atoms with Crippen molar-refractivity contribution in [1.82, 2.24) is 4.98 Å². The molecule has 19 heavy (non-hydrogen) atoms. The summed E-state index contributed by atoms with van der Waals surface area (Å²) < 4.78 is 0. The zero-order valence-corrected chi connectivity index (χ0v) is 10.9. The number of hydrogen-bond donors (Lipinski definition) is 3. The predicted octanol–water partition coefficient (Wildman–Crippen LogP) is 1.10. The number of carboxylic acids is 1. The summed E-state index contributed by atoms with van der Waals surface area (Å²) >= 11 is 0. The molecule has 1 aliphatic heterocycles. The maximum Gasteiger partial charge on any atom is 0.337 e. The number of aliphatic hydroxyl groups is 1. The number of pyridine rings is 1. The Balaban J connectivity index is 2.30. The largest absolute Gasteiger partial charge is 0.478 e. The Morgan fingerprint density at radius 3 is 3.05 bits per heavy atom. The van der Waals surface area contributed by atoms with Gasteiger partial charge in [0.15, 0.2) is 5.82 Å². The van der Waals surface area contributed by atoms with Crippen molar-refractivity contribution in [3.05, 3.63) is 17.8 Å². The number of rotatable bonds is 4. The molecule has 1 aromatic rings. The molecule has 0 radical (unpaired) electrons. The number of aromatic carboxylic acids is 1. The van der Waals surface area contributed by atoms with Crippen molar-refractivity contribution in [2.24, 2.45) is 0 Å². The summed E-state index contributed by atoms with van der Waals surface area (Å²) in [6.07, 6.45) is 3.67. The van der Waals surface area contributed by atoms with Crippen molar-refractivity contribution >= 4 is 17.5 Å². The molecular formula is C13H19N3O3. The van der Waals surface area contributed by atoms with Gasteiger partial charge in [0, 0.05) is 18.8 Å². The number of aliphatic hydroxyl groups excluding tert-OH is 1. The van der Waals surface area contributed by atoms with E-state index < -0.39 is 12.1 Å². The normalized spacial score (nSPS) is 20.5. The van der Waals surface area contributed by atoms with Gasteiger partial charge in [0.25, 0.3) is 0 Å². The van der Waals surface area contributed by atoms with Crippen LogP contribution >= 0.6 is 0 Å². The number of aromatic nitrogens is 1. The molecule has 0 amide bonds. The third kappa shape index (κ3) is 2.78. The lowest BCUT2D eigenvalue weighted by atomic mass is 10.1. The van der Waals surface area contributed by atoms with Crippen LogP contribution in [0.15, 0.2) is 12.3 Å². The summed E-state index contributed by atoms with van der Waals surface area (Å²) in [5, 5.41) is 18.6. The van der Waals surface area contributed by atoms with Gasteiger partial charge >= 0.3 is 5.97 Å². The fourth-order valence-corrected chi connectivity index (χ4v) is 2.63. The summed E-state index contributed by atoms with van der Waals surface area (Å²) in [5.74, 6) is -0.532. The molecule has 6 nitrogen and oxygen atoms in total. The average Bonchev–Trinajstić information content (AvgIpc) is 2.76. The first kappa shape index (κ1) is 13.6. The van der Waals surface area contributed by atoms with E-state index in [0.717, 1.165) is 19.4 Å². The second-order valence-corrected chi connectivity index (χ2v) is 4.98. The third-order valence-corrected chi connectivity index (χ3v) is 3.46. The lowest BCUT2D eigenvalue weighted by Gasteiger charge is -2.28. The molecule has 2 rings (SSSR count). The zero-order valence-electron chi connectivity index (χ0n) is 10.9. The molecule has 0 bridgehead atoms. The molecule has 2 atom stereocenters. The van der Waals surface area contributed by atoms with Gasteiger partial charge in [0.2, 0.25) is 0 Å². The zero-order chi connectivity index (χ0) is 14.0. The molecule has 104 valence electrons. The summed E-state index contributed by atoms with van der Waals surface area (Å²) in [6.45, 7) is 2.54. The molecule has 0 spiro atoms. The van der Waals surface area contributed by atoms with Gasteiger partial charge in [-0.1, -0.05) is 0 Å². The minimum absolute atomic E-state index is 0.0766. The van der Waals surface area contributed by atoms with E-state index in [-0.39, 0.29) is 17.3 Å². The Morgan fingerprint density at radius 2 is 2.42 bits per heavy atom. The third-order valence-electron chi connectivity index (χ3n) is 3.46. The predicted molar refractivity (Wildman–Crippen MR) is 72.3 cm³/mol. The van der Waals surface area contributed by atoms with Gasteiger partial charge in [-0.25, -0.2) is 9.78 Å². The van der Waals surface area contributed by atoms with E-state index in [0.29, 0.717) is 12.2 Å². The highest BCUT2D eigenvalue weighted by Crippen LogP contribution is 2.32. The van der Waals surface area contributed by atoms with E-state index in [1.165, 1.54) is 12.3 Å². The van der Waals surface area contributed by atoms with Gasteiger partial charge < -0.3 is 20.8 Å². The number of nitrogens with two attached hydrogens (primary N) is 1. The van der Waals surface area contributed by atoms with Crippen LogP contribution in [-0.2, 0) is 0 Å². The minimum atomic E-state index is -1.05. The minimum Gasteiger partial charge on any atom is -0.478 e. The molecule has 1 saturated heterocycles. The SMILES string of the molecule is CC(O)CC1CCCN1c1nccc(C(=O)O)c1N. The van der Waals surface area contributed by atoms with Gasteiger partial charge in [-0.05, 0) is 32.3 Å². The number of anilines is 2. The first-order valence-corrected chi connectivity index (χ1v) is 6.43. The van der Waals surface area contributed by atoms with Crippen LogP contribution in [0.5, 0.6) is 0 Å². The van der Waals surface area contributed by atoms with E-state index in [1.54, 1.807) is 6.92 Å². The van der Waals surface area contributed by atoms with Gasteiger partial charge in [-0.2, -0.15) is 0 Å². The molecule has 0 aliphatic carbocycles. The van der Waals surface area contributed by atoms with Crippen LogP contribution in [0.4, 0.5) is 11.5 Å². The Morgan fingerprint density at radius 1 is 1.68 bits per heavy atom. The van der Waals surface area contributed by atoms with Gasteiger partial charge in [0.1, 0.15) is 0 Å². The second kappa shape index (κ2) is 5.44. The van der Waals surface area contributed by atoms with Crippen molar-refractivity contribution in [2.45, 2.75) is 38.3 Å². The average molecular weight is 265 g/mol. The number of carboxylic acid groups (broad SMARTS) is 1. The highest BCUT2D eigenvalue weighted by molar-refractivity contribution is 5.96. The van der Waals surface area contributed by atoms with Crippen LogP contribution in [0.3, 0.4) is 0 Å². The maximum atomic E-state index is 11.1. The van der Waals surface area contributed by atoms with Crippen molar-refractivity contribution in [2.75, 3.05) is 17.2 Å². The number of nitrogen functional groups attached to an aromatic ring is 1. The van der Waals surface area contributed by atoms with Crippen LogP contribution < -0.4 is 10.6 Å². The number of nitrogens with zero attached hydrogens (tertiary/aromatic N) is 2. The first-order valence-electron chi connectivity index (χ1n) is 6.43. The first-order chi connectivity index (χ1) is 9.00. The molecule has 0 aromatic carbocycles. The maximum absolute atomic E-state index is 11.1. The van der Waals surface area contributed by atoms with Gasteiger partial charge in [-0.3, -0.25) is 0 Å². The highest BCUT2D eigenvalue weighted by atomic mass is 16.4. The Labute approximate surface area is 111 Å². The number of hydrogen-bond acceptors (Lipinski definition) is 5. The topological polar surface area (TPSA) is 99.7 Å². The Hall–Kier alpha value is -1.82. The highest BCUT2D eigenvalue weighted by Gasteiger charge is 2.29. The quantitative estimate of drug-likeness (QED) is 0.754. The van der Waals surface area contributed by atoms with Crippen LogP contribution in [0, 0.1) is 0 Å². The van der Waals surface area contributed by atoms with Crippen molar-refractivity contribution in [3.8, 4) is 0 Å². The van der Waals surface area contributed by atoms with E-state index >= 15 is 0 Å². The van der Waals surface area contributed by atoms with Gasteiger partial charge in [0.05, 0.1) is 17.4 Å². The fourth-order valence-electron chi connectivity index (χ4n) is 2.63. The van der Waals surface area contributed by atoms with Crippen LogP contribution in [0.2, 0.25) is 0 Å². The molecule has 4 N–H and O–H groups in total. The molecular weight excluding hydrogens is 246 g/mol. The fraction of sp³-hybridized carbons (Fsp3) is 0.538. The van der Waals surface area contributed by atoms with Crippen LogP contribution in [-0.4, -0.2) is 39.9 Å². The smallest absolute Gasteiger partial charge is 0.337 e. The number of carbonyl (C=O) groups is 1. The van der Waals surface area contributed by atoms with Crippen LogP contribution in [0.25, 0.3) is 0 Å². The summed E-state index contributed by atoms with van der Waals surface area (Å²) in [5.41, 5.74) is 6.19. The lowest BCUT2D eigenvalue weighted by Crippen LogP contribution is -2.33. The van der Waals surface area contributed by atoms with E-state index in [4.69, 9.17) is 10.8 Å². The molecule has 0 saturated carbocycles. The van der Waals surface area contributed by atoms with Crippen molar-refractivity contribution in [3.63, 3.8) is 0 Å². The molecule has 6 heteroatoms. The molecule has 1 aliphatic rings. The Kier molecular flexibility index (Phi) is 3.90. The van der Waals surface area contributed by atoms with Gasteiger partial charge in [-0.15, -0.1) is 0 Å². The van der Waals surface area contributed by atoms with E-state index in [1.807, 2.05) is 4.90 Å². The van der Waals surface area contributed by atoms with E-state index in [9.17, 15) is 9.90 Å². The Bertz CT molecular complexity index is 476. The second-order valence-electron chi connectivity index (χ2n) is 4.98. The monoisotopic (exact) mass is 265 g/mol. The molecule has 2 heterocycles.